The van der Waals surface area contributed by atoms with Crippen LogP contribution >= 0.6 is 0 Å². The Morgan fingerprint density at radius 3 is 1.34 bits per heavy atom. The van der Waals surface area contributed by atoms with Crippen LogP contribution in [0.2, 0.25) is 0 Å². The molecule has 5 aromatic carbocycles. The molecule has 0 radical (unpaired) electrons. The Hall–Kier alpha value is -4.72. The average molecular weight is 518 g/mol. The van der Waals surface area contributed by atoms with Gasteiger partial charge in [0.1, 0.15) is 11.5 Å². The van der Waals surface area contributed by atoms with Gasteiger partial charge in [-0.05, 0) is 49.2 Å². The van der Waals surface area contributed by atoms with Gasteiger partial charge in [0.25, 0.3) is 0 Å². The molecule has 4 nitrogen and oxygen atoms in total. The number of benzene rings is 5. The highest BCUT2D eigenvalue weighted by molar-refractivity contribution is 6.15. The molecule has 0 saturated carbocycles. The van der Waals surface area contributed by atoms with E-state index in [0.717, 1.165) is 24.3 Å². The zero-order chi connectivity index (χ0) is 27.1. The number of ether oxygens (including phenoxy) is 2. The molecule has 190 valence electrons. The number of rotatable bonds is 4. The molecule has 5 rings (SSSR count). The maximum Gasteiger partial charge on any atom is 0.346 e. The summed E-state index contributed by atoms with van der Waals surface area (Å²) in [6.45, 7) is 3.46. The molecule has 0 spiro atoms. The van der Waals surface area contributed by atoms with Gasteiger partial charge in [-0.2, -0.15) is 0 Å². The van der Waals surface area contributed by atoms with Crippen molar-refractivity contribution in [1.29, 1.82) is 0 Å². The minimum Gasteiger partial charge on any atom is -0.422 e. The summed E-state index contributed by atoms with van der Waals surface area (Å²) >= 11 is 0. The second-order valence-electron chi connectivity index (χ2n) is 8.63. The van der Waals surface area contributed by atoms with Crippen molar-refractivity contribution >= 4 is 33.5 Å². The molecular weight excluding hydrogens is 500 g/mol. The summed E-state index contributed by atoms with van der Waals surface area (Å²) in [6, 6.07) is 16.4. The van der Waals surface area contributed by atoms with Crippen LogP contribution in [0.15, 0.2) is 72.8 Å². The van der Waals surface area contributed by atoms with E-state index in [1.54, 1.807) is 50.2 Å². The summed E-state index contributed by atoms with van der Waals surface area (Å²) in [7, 11) is 0. The van der Waals surface area contributed by atoms with E-state index >= 15 is 0 Å². The molecule has 0 bridgehead atoms. The zero-order valence-corrected chi connectivity index (χ0v) is 20.1. The third kappa shape index (κ3) is 4.14. The van der Waals surface area contributed by atoms with Gasteiger partial charge in [-0.25, -0.2) is 27.2 Å². The molecule has 0 atom stereocenters. The predicted molar refractivity (Wildman–Crippen MR) is 134 cm³/mol. The van der Waals surface area contributed by atoms with E-state index in [2.05, 4.69) is 0 Å². The topological polar surface area (TPSA) is 52.6 Å². The van der Waals surface area contributed by atoms with E-state index in [-0.39, 0.29) is 11.5 Å². The molecule has 0 amide bonds. The smallest absolute Gasteiger partial charge is 0.346 e. The Morgan fingerprint density at radius 2 is 0.947 bits per heavy atom. The van der Waals surface area contributed by atoms with Crippen molar-refractivity contribution in [1.82, 2.24) is 0 Å². The summed E-state index contributed by atoms with van der Waals surface area (Å²) in [5.74, 6) is -7.25. The van der Waals surface area contributed by atoms with Gasteiger partial charge in [0, 0.05) is 21.5 Å². The zero-order valence-electron chi connectivity index (χ0n) is 20.1. The summed E-state index contributed by atoms with van der Waals surface area (Å²) in [5.41, 5.74) is 0.0513. The van der Waals surface area contributed by atoms with Crippen molar-refractivity contribution < 1.29 is 36.6 Å². The van der Waals surface area contributed by atoms with Crippen LogP contribution in [0.4, 0.5) is 17.6 Å². The highest BCUT2D eigenvalue weighted by Gasteiger charge is 2.26. The van der Waals surface area contributed by atoms with E-state index in [4.69, 9.17) is 9.47 Å². The van der Waals surface area contributed by atoms with Gasteiger partial charge in [0.05, 0.1) is 11.1 Å². The van der Waals surface area contributed by atoms with Crippen LogP contribution in [-0.2, 0) is 0 Å². The normalized spacial score (nSPS) is 11.1. The molecule has 0 aliphatic carbocycles. The van der Waals surface area contributed by atoms with Gasteiger partial charge in [-0.3, -0.25) is 0 Å². The largest absolute Gasteiger partial charge is 0.422 e. The van der Waals surface area contributed by atoms with E-state index in [9.17, 15) is 27.2 Å². The van der Waals surface area contributed by atoms with Crippen molar-refractivity contribution in [2.75, 3.05) is 0 Å². The first-order valence-electron chi connectivity index (χ1n) is 11.5. The Bertz CT molecular complexity index is 1650. The van der Waals surface area contributed by atoms with Gasteiger partial charge in [-0.1, -0.05) is 48.5 Å². The third-order valence-electron chi connectivity index (χ3n) is 6.22. The van der Waals surface area contributed by atoms with Crippen LogP contribution in [0.25, 0.3) is 21.5 Å². The number of esters is 2. The fourth-order valence-electron chi connectivity index (χ4n) is 4.37. The standard InChI is InChI=1S/C30H18F4O4/c1-15-13-14-16(2)24-23(15)27(37-29(35)19-9-5-11-21(31)25(19)33)17-7-3-4-8-18(17)28(24)38-30(36)20-10-6-12-22(32)26(20)34/h3-14H,1-2H3. The van der Waals surface area contributed by atoms with Crippen molar-refractivity contribution in [3.63, 3.8) is 0 Å². The highest BCUT2D eigenvalue weighted by Crippen LogP contribution is 2.46. The predicted octanol–water partition coefficient (Wildman–Crippen LogP) is 7.60. The van der Waals surface area contributed by atoms with Gasteiger partial charge >= 0.3 is 11.9 Å². The van der Waals surface area contributed by atoms with E-state index in [1.165, 1.54) is 12.1 Å². The summed E-state index contributed by atoms with van der Waals surface area (Å²) in [4.78, 5) is 26.0. The van der Waals surface area contributed by atoms with Crippen molar-refractivity contribution in [3.8, 4) is 11.5 Å². The van der Waals surface area contributed by atoms with E-state index < -0.39 is 46.3 Å². The maximum absolute atomic E-state index is 14.4. The first-order chi connectivity index (χ1) is 18.2. The molecule has 8 heteroatoms. The van der Waals surface area contributed by atoms with Crippen LogP contribution in [0.3, 0.4) is 0 Å². The quantitative estimate of drug-likeness (QED) is 0.106. The molecule has 0 aliphatic rings. The number of aryl methyl sites for hydroxylation is 2. The van der Waals surface area contributed by atoms with Crippen molar-refractivity contribution in [2.24, 2.45) is 0 Å². The maximum atomic E-state index is 14.4. The number of carbonyl (C=O) groups is 2. The second kappa shape index (κ2) is 9.63. The third-order valence-corrected chi connectivity index (χ3v) is 6.22. The minimum absolute atomic E-state index is 0.0437. The van der Waals surface area contributed by atoms with E-state index in [1.807, 2.05) is 0 Å². The summed E-state index contributed by atoms with van der Waals surface area (Å²) < 4.78 is 67.7. The average Bonchev–Trinajstić information content (AvgIpc) is 2.90. The number of carbonyl (C=O) groups excluding carboxylic acids is 2. The molecule has 0 aliphatic heterocycles. The van der Waals surface area contributed by atoms with E-state index in [0.29, 0.717) is 32.7 Å². The van der Waals surface area contributed by atoms with Gasteiger partial charge in [0.15, 0.2) is 23.3 Å². The first kappa shape index (κ1) is 25.0. The van der Waals surface area contributed by atoms with Crippen LogP contribution in [0, 0.1) is 37.1 Å². The minimum atomic E-state index is -1.35. The summed E-state index contributed by atoms with van der Waals surface area (Å²) in [5, 5.41) is 1.38. The van der Waals surface area contributed by atoms with Gasteiger partial charge in [0.2, 0.25) is 0 Å². The molecule has 38 heavy (non-hydrogen) atoms. The summed E-state index contributed by atoms with van der Waals surface area (Å²) in [6.07, 6.45) is 0. The Morgan fingerprint density at radius 1 is 0.553 bits per heavy atom. The molecule has 0 unspecified atom stereocenters. The van der Waals surface area contributed by atoms with Crippen LogP contribution < -0.4 is 9.47 Å². The van der Waals surface area contributed by atoms with Gasteiger partial charge in [-0.15, -0.1) is 0 Å². The Labute approximate surface area is 214 Å². The Balaban J connectivity index is 1.75. The van der Waals surface area contributed by atoms with Crippen molar-refractivity contribution in [3.05, 3.63) is 118 Å². The number of fused-ring (bicyclic) bond motifs is 2. The first-order valence-corrected chi connectivity index (χ1v) is 11.5. The molecular formula is C30H18F4O4. The molecule has 0 heterocycles. The van der Waals surface area contributed by atoms with Crippen LogP contribution in [0.5, 0.6) is 11.5 Å². The molecule has 0 fully saturated rings. The lowest BCUT2D eigenvalue weighted by Gasteiger charge is -2.19. The molecule has 0 saturated heterocycles. The highest BCUT2D eigenvalue weighted by atomic mass is 19.2. The Kier molecular flexibility index (Phi) is 6.32. The number of halogens is 4. The van der Waals surface area contributed by atoms with Gasteiger partial charge < -0.3 is 9.47 Å². The molecule has 0 aromatic heterocycles. The number of hydrogen-bond donors (Lipinski definition) is 0. The molecule has 0 N–H and O–H groups in total. The van der Waals surface area contributed by atoms with Crippen LogP contribution in [0.1, 0.15) is 31.8 Å². The van der Waals surface area contributed by atoms with Crippen molar-refractivity contribution in [2.45, 2.75) is 13.8 Å². The SMILES string of the molecule is Cc1ccc(C)c2c(OC(=O)c3cccc(F)c3F)c3ccccc3c(OC(=O)c3cccc(F)c3F)c12. The van der Waals surface area contributed by atoms with Crippen LogP contribution in [-0.4, -0.2) is 11.9 Å². The fourth-order valence-corrected chi connectivity index (χ4v) is 4.37. The lowest BCUT2D eigenvalue weighted by atomic mass is 9.94. The lowest BCUT2D eigenvalue weighted by Crippen LogP contribution is -2.14. The fraction of sp³-hybridized carbons (Fsp3) is 0.0667. The second-order valence-corrected chi connectivity index (χ2v) is 8.63. The number of hydrogen-bond acceptors (Lipinski definition) is 4. The lowest BCUT2D eigenvalue weighted by molar-refractivity contribution is 0.0720. The monoisotopic (exact) mass is 518 g/mol. The molecule has 5 aromatic rings.